The number of nitrogens with one attached hydrogen (secondary N) is 2. The van der Waals surface area contributed by atoms with Crippen molar-refractivity contribution in [1.29, 1.82) is 0 Å². The summed E-state index contributed by atoms with van der Waals surface area (Å²) in [5.41, 5.74) is 1.30. The lowest BCUT2D eigenvalue weighted by Crippen LogP contribution is -2.48. The van der Waals surface area contributed by atoms with E-state index in [1.54, 1.807) is 0 Å². The van der Waals surface area contributed by atoms with Crippen LogP contribution in [0.3, 0.4) is 0 Å². The molecule has 3 atom stereocenters. The zero-order chi connectivity index (χ0) is 18.8. The summed E-state index contributed by atoms with van der Waals surface area (Å²) in [6.45, 7) is 5.76. The van der Waals surface area contributed by atoms with E-state index in [1.807, 2.05) is 12.1 Å². The average molecular weight is 387 g/mol. The molecule has 2 N–H and O–H groups in total. The Morgan fingerprint density at radius 2 is 2.22 bits per heavy atom. The number of hydrogen-bond donors (Lipinski definition) is 2. The maximum absolute atomic E-state index is 6.13. The fourth-order valence-electron chi connectivity index (χ4n) is 3.75. The molecule has 0 saturated heterocycles. The topological polar surface area (TPSA) is 67.1 Å². The van der Waals surface area contributed by atoms with Crippen LogP contribution in [0, 0.1) is 0 Å². The molecule has 27 heavy (non-hydrogen) atoms. The zero-order valence-corrected chi connectivity index (χ0v) is 16.7. The third-order valence-corrected chi connectivity index (χ3v) is 5.50. The fraction of sp³-hybridized carbons (Fsp3) is 0.550. The second kappa shape index (κ2) is 7.89. The number of aromatic nitrogens is 3. The number of aliphatic imine (C=N–C) groups is 1. The summed E-state index contributed by atoms with van der Waals surface area (Å²) in [5, 5.41) is 12.6. The molecule has 1 aliphatic carbocycles. The predicted molar refractivity (Wildman–Crippen MR) is 108 cm³/mol. The molecule has 4 rings (SSSR count). The van der Waals surface area contributed by atoms with E-state index < -0.39 is 0 Å². The molecule has 144 valence electrons. The van der Waals surface area contributed by atoms with Gasteiger partial charge in [-0.25, -0.2) is 9.67 Å². The summed E-state index contributed by atoms with van der Waals surface area (Å²) in [7, 11) is 0. The second-order valence-electron chi connectivity index (χ2n) is 7.33. The summed E-state index contributed by atoms with van der Waals surface area (Å²) in [4.78, 5) is 9.24. The summed E-state index contributed by atoms with van der Waals surface area (Å²) in [6.07, 6.45) is 4.00. The van der Waals surface area contributed by atoms with Crippen LogP contribution in [0.5, 0.6) is 0 Å². The molecular formula is C20H27ClN6. The van der Waals surface area contributed by atoms with Crippen LogP contribution < -0.4 is 10.6 Å². The van der Waals surface area contributed by atoms with Gasteiger partial charge >= 0.3 is 0 Å². The first-order valence-electron chi connectivity index (χ1n) is 9.91. The van der Waals surface area contributed by atoms with Gasteiger partial charge in [-0.05, 0) is 37.5 Å². The van der Waals surface area contributed by atoms with Crippen LogP contribution in [-0.2, 0) is 19.4 Å². The maximum atomic E-state index is 6.13. The summed E-state index contributed by atoms with van der Waals surface area (Å²) in [5.74, 6) is 3.45. The van der Waals surface area contributed by atoms with E-state index in [4.69, 9.17) is 11.6 Å². The van der Waals surface area contributed by atoms with E-state index in [1.165, 1.54) is 5.56 Å². The molecule has 1 aromatic heterocycles. The average Bonchev–Trinajstić information content (AvgIpc) is 3.30. The highest BCUT2D eigenvalue weighted by atomic mass is 35.5. The van der Waals surface area contributed by atoms with E-state index in [9.17, 15) is 0 Å². The van der Waals surface area contributed by atoms with Crippen LogP contribution in [0.25, 0.3) is 0 Å². The SMILES string of the molecule is CCN=C(NC1CCc2nc(CC)nn2C1)NC1CC1c1cccc(Cl)c1. The van der Waals surface area contributed by atoms with Gasteiger partial charge in [-0.1, -0.05) is 30.7 Å². The van der Waals surface area contributed by atoms with Gasteiger partial charge in [0.25, 0.3) is 0 Å². The number of hydrogen-bond acceptors (Lipinski definition) is 3. The Morgan fingerprint density at radius 1 is 1.33 bits per heavy atom. The Balaban J connectivity index is 1.36. The smallest absolute Gasteiger partial charge is 0.191 e. The monoisotopic (exact) mass is 386 g/mol. The van der Waals surface area contributed by atoms with Gasteiger partial charge in [0.2, 0.25) is 0 Å². The molecule has 2 heterocycles. The molecule has 2 aliphatic rings. The number of benzene rings is 1. The van der Waals surface area contributed by atoms with Crippen molar-refractivity contribution in [3.05, 3.63) is 46.5 Å². The van der Waals surface area contributed by atoms with E-state index in [-0.39, 0.29) is 0 Å². The van der Waals surface area contributed by atoms with Crippen molar-refractivity contribution in [1.82, 2.24) is 25.4 Å². The molecule has 6 nitrogen and oxygen atoms in total. The van der Waals surface area contributed by atoms with Crippen LogP contribution in [-0.4, -0.2) is 39.4 Å². The Kier molecular flexibility index (Phi) is 5.34. The first kappa shape index (κ1) is 18.3. The Hall–Kier alpha value is -2.08. The van der Waals surface area contributed by atoms with E-state index in [0.29, 0.717) is 18.0 Å². The quantitative estimate of drug-likeness (QED) is 0.612. The van der Waals surface area contributed by atoms with Gasteiger partial charge in [-0.3, -0.25) is 4.99 Å². The molecule has 3 unspecified atom stereocenters. The predicted octanol–water partition coefficient (Wildman–Crippen LogP) is 2.92. The minimum absolute atomic E-state index is 0.324. The van der Waals surface area contributed by atoms with Gasteiger partial charge in [-0.15, -0.1) is 0 Å². The van der Waals surface area contributed by atoms with Gasteiger partial charge in [0.15, 0.2) is 11.8 Å². The highest BCUT2D eigenvalue weighted by Crippen LogP contribution is 2.41. The van der Waals surface area contributed by atoms with E-state index >= 15 is 0 Å². The van der Waals surface area contributed by atoms with E-state index in [0.717, 1.165) is 61.4 Å². The van der Waals surface area contributed by atoms with Crippen molar-refractivity contribution in [3.8, 4) is 0 Å². The van der Waals surface area contributed by atoms with Crippen LogP contribution in [0.1, 0.15) is 49.8 Å². The Labute approximate surface area is 165 Å². The maximum Gasteiger partial charge on any atom is 0.191 e. The Morgan fingerprint density at radius 3 is 3.00 bits per heavy atom. The van der Waals surface area contributed by atoms with Crippen molar-refractivity contribution in [3.63, 3.8) is 0 Å². The Bertz CT molecular complexity index is 830. The molecule has 7 heteroatoms. The third kappa shape index (κ3) is 4.26. The molecule has 1 aliphatic heterocycles. The minimum Gasteiger partial charge on any atom is -0.353 e. The lowest BCUT2D eigenvalue weighted by Gasteiger charge is -2.25. The first-order chi connectivity index (χ1) is 13.2. The largest absolute Gasteiger partial charge is 0.353 e. The fourth-order valence-corrected chi connectivity index (χ4v) is 3.95. The summed E-state index contributed by atoms with van der Waals surface area (Å²) < 4.78 is 2.05. The highest BCUT2D eigenvalue weighted by molar-refractivity contribution is 6.30. The second-order valence-corrected chi connectivity index (χ2v) is 7.77. The standard InChI is InChI=1S/C20H27ClN6/c1-3-18-25-19-9-8-15(12-27(19)26-18)23-20(22-4-2)24-17-11-16(17)13-6-5-7-14(21)10-13/h5-7,10,15-17H,3-4,8-9,11-12H2,1-2H3,(H2,22,23,24). The number of rotatable bonds is 5. The van der Waals surface area contributed by atoms with Gasteiger partial charge in [0.05, 0.1) is 6.54 Å². The molecule has 0 amide bonds. The van der Waals surface area contributed by atoms with Gasteiger partial charge in [0.1, 0.15) is 5.82 Å². The number of nitrogens with zero attached hydrogens (tertiary/aromatic N) is 4. The van der Waals surface area contributed by atoms with Crippen LogP contribution in [0.15, 0.2) is 29.3 Å². The molecule has 1 aromatic carbocycles. The lowest BCUT2D eigenvalue weighted by atomic mass is 10.1. The number of aryl methyl sites for hydroxylation is 2. The zero-order valence-electron chi connectivity index (χ0n) is 16.0. The lowest BCUT2D eigenvalue weighted by molar-refractivity contribution is 0.392. The molecular weight excluding hydrogens is 360 g/mol. The minimum atomic E-state index is 0.324. The third-order valence-electron chi connectivity index (χ3n) is 5.26. The highest BCUT2D eigenvalue weighted by Gasteiger charge is 2.39. The van der Waals surface area contributed by atoms with Crippen molar-refractivity contribution >= 4 is 17.6 Å². The van der Waals surface area contributed by atoms with Crippen molar-refractivity contribution in [2.24, 2.45) is 4.99 Å². The van der Waals surface area contributed by atoms with Crippen LogP contribution >= 0.6 is 11.6 Å². The van der Waals surface area contributed by atoms with Crippen LogP contribution in [0.4, 0.5) is 0 Å². The number of fused-ring (bicyclic) bond motifs is 1. The van der Waals surface area contributed by atoms with Crippen LogP contribution in [0.2, 0.25) is 5.02 Å². The molecule has 0 radical (unpaired) electrons. The first-order valence-corrected chi connectivity index (χ1v) is 10.3. The molecule has 1 fully saturated rings. The number of halogens is 1. The van der Waals surface area contributed by atoms with Crippen molar-refractivity contribution < 1.29 is 0 Å². The molecule has 0 bridgehead atoms. The van der Waals surface area contributed by atoms with Gasteiger partial charge < -0.3 is 10.6 Å². The van der Waals surface area contributed by atoms with Crippen molar-refractivity contribution in [2.45, 2.75) is 64.1 Å². The van der Waals surface area contributed by atoms with E-state index in [2.05, 4.69) is 56.4 Å². The van der Waals surface area contributed by atoms with Gasteiger partial charge in [-0.2, -0.15) is 5.10 Å². The number of guanidine groups is 1. The van der Waals surface area contributed by atoms with Gasteiger partial charge in [0, 0.05) is 42.4 Å². The normalized spacial score (nSPS) is 24.4. The molecule has 2 aromatic rings. The summed E-state index contributed by atoms with van der Waals surface area (Å²) >= 11 is 6.13. The molecule has 0 spiro atoms. The van der Waals surface area contributed by atoms with Crippen molar-refractivity contribution in [2.75, 3.05) is 6.54 Å². The summed E-state index contributed by atoms with van der Waals surface area (Å²) in [6, 6.07) is 8.91. The molecule has 1 saturated carbocycles.